The van der Waals surface area contributed by atoms with Crippen molar-refractivity contribution in [2.45, 2.75) is 12.8 Å². The summed E-state index contributed by atoms with van der Waals surface area (Å²) < 4.78 is 1.69. The summed E-state index contributed by atoms with van der Waals surface area (Å²) in [5, 5.41) is 20.4. The fourth-order valence-corrected chi connectivity index (χ4v) is 4.64. The van der Waals surface area contributed by atoms with Gasteiger partial charge in [0.25, 0.3) is 0 Å². The zero-order chi connectivity index (χ0) is 25.1. The number of nitrogens with one attached hydrogen (secondary N) is 2. The fourth-order valence-electron chi connectivity index (χ4n) is 4.41. The molecule has 1 unspecified atom stereocenters. The van der Waals surface area contributed by atoms with Crippen LogP contribution in [0.15, 0.2) is 60.8 Å². The number of fused-ring (bicyclic) bond motifs is 1. The minimum Gasteiger partial charge on any atom is -0.370 e. The van der Waals surface area contributed by atoms with Crippen LogP contribution in [0.1, 0.15) is 18.4 Å². The monoisotopic (exact) mass is 495 g/mol. The van der Waals surface area contributed by atoms with Crippen molar-refractivity contribution in [3.8, 4) is 17.3 Å². The quantitative estimate of drug-likeness (QED) is 0.407. The maximum absolute atomic E-state index is 12.8. The molecular formula is C26H23BClN7O. The van der Waals surface area contributed by atoms with Gasteiger partial charge in [0.1, 0.15) is 13.7 Å². The SMILES string of the molecule is [B]c1cnn2c(NCC3CCCN(C(=O)Nc4ccc(C#N)cc4)C3)cc(-c3ccccc3Cl)nc12. The zero-order valence-corrected chi connectivity index (χ0v) is 20.2. The smallest absolute Gasteiger partial charge is 0.321 e. The summed E-state index contributed by atoms with van der Waals surface area (Å²) in [6, 6.07) is 18.2. The first-order valence-corrected chi connectivity index (χ1v) is 12.1. The van der Waals surface area contributed by atoms with Gasteiger partial charge in [0.15, 0.2) is 5.65 Å². The highest BCUT2D eigenvalue weighted by molar-refractivity contribution is 6.36. The number of anilines is 2. The third-order valence-electron chi connectivity index (χ3n) is 6.29. The first kappa shape index (κ1) is 23.7. The minimum absolute atomic E-state index is 0.142. The van der Waals surface area contributed by atoms with Gasteiger partial charge in [-0.2, -0.15) is 14.9 Å². The molecule has 2 N–H and O–H groups in total. The van der Waals surface area contributed by atoms with E-state index in [0.717, 1.165) is 24.2 Å². The van der Waals surface area contributed by atoms with E-state index in [1.54, 1.807) is 35.0 Å². The number of piperidine rings is 1. The van der Waals surface area contributed by atoms with Crippen LogP contribution in [0.25, 0.3) is 16.9 Å². The van der Waals surface area contributed by atoms with E-state index in [0.29, 0.717) is 52.7 Å². The average molecular weight is 496 g/mol. The Morgan fingerprint density at radius 1 is 1.22 bits per heavy atom. The Balaban J connectivity index is 1.29. The molecule has 1 saturated heterocycles. The molecule has 2 aromatic heterocycles. The van der Waals surface area contributed by atoms with Crippen LogP contribution in [-0.4, -0.2) is 53.0 Å². The summed E-state index contributed by atoms with van der Waals surface area (Å²) in [5.41, 5.74) is 3.78. The Kier molecular flexibility index (Phi) is 6.78. The average Bonchev–Trinajstić information content (AvgIpc) is 3.28. The van der Waals surface area contributed by atoms with Crippen LogP contribution >= 0.6 is 11.6 Å². The molecule has 178 valence electrons. The first-order valence-electron chi connectivity index (χ1n) is 11.7. The lowest BCUT2D eigenvalue weighted by Gasteiger charge is -2.33. The summed E-state index contributed by atoms with van der Waals surface area (Å²) in [7, 11) is 6.13. The normalized spacial score (nSPS) is 15.4. The number of rotatable bonds is 5. The lowest BCUT2D eigenvalue weighted by atomic mass is 9.98. The third-order valence-corrected chi connectivity index (χ3v) is 6.62. The minimum atomic E-state index is -0.142. The van der Waals surface area contributed by atoms with Crippen molar-refractivity contribution in [2.24, 2.45) is 5.92 Å². The summed E-state index contributed by atoms with van der Waals surface area (Å²) in [6.45, 7) is 1.98. The van der Waals surface area contributed by atoms with E-state index in [1.807, 2.05) is 35.2 Å². The van der Waals surface area contributed by atoms with Gasteiger partial charge < -0.3 is 15.5 Å². The van der Waals surface area contributed by atoms with Gasteiger partial charge in [-0.15, -0.1) is 0 Å². The second-order valence-electron chi connectivity index (χ2n) is 8.80. The molecule has 0 bridgehead atoms. The first-order chi connectivity index (χ1) is 17.5. The van der Waals surface area contributed by atoms with E-state index < -0.39 is 0 Å². The van der Waals surface area contributed by atoms with Gasteiger partial charge in [-0.25, -0.2) is 9.78 Å². The number of hydrogen-bond acceptors (Lipinski definition) is 5. The largest absolute Gasteiger partial charge is 0.370 e. The van der Waals surface area contributed by atoms with Gasteiger partial charge >= 0.3 is 6.03 Å². The molecule has 5 rings (SSSR count). The molecule has 0 aliphatic carbocycles. The maximum atomic E-state index is 12.8. The molecule has 2 amide bonds. The molecule has 0 spiro atoms. The highest BCUT2D eigenvalue weighted by Gasteiger charge is 2.24. The number of amides is 2. The predicted molar refractivity (Wildman–Crippen MR) is 142 cm³/mol. The summed E-state index contributed by atoms with van der Waals surface area (Å²) in [4.78, 5) is 19.3. The molecule has 1 atom stereocenters. The van der Waals surface area contributed by atoms with Gasteiger partial charge in [0, 0.05) is 48.2 Å². The molecular weight excluding hydrogens is 473 g/mol. The Morgan fingerprint density at radius 3 is 2.81 bits per heavy atom. The van der Waals surface area contributed by atoms with Gasteiger partial charge in [0.05, 0.1) is 17.3 Å². The Bertz CT molecular complexity index is 1450. The van der Waals surface area contributed by atoms with Crippen molar-refractivity contribution in [1.82, 2.24) is 19.5 Å². The van der Waals surface area contributed by atoms with Crippen molar-refractivity contribution >= 4 is 48.1 Å². The molecule has 3 heterocycles. The Hall–Kier alpha value is -4.03. The zero-order valence-electron chi connectivity index (χ0n) is 19.5. The van der Waals surface area contributed by atoms with E-state index in [4.69, 9.17) is 24.7 Å². The molecule has 1 aliphatic heterocycles. The number of nitriles is 1. The van der Waals surface area contributed by atoms with Crippen LogP contribution in [-0.2, 0) is 0 Å². The van der Waals surface area contributed by atoms with Crippen LogP contribution in [0, 0.1) is 17.2 Å². The molecule has 4 aromatic rings. The topological polar surface area (TPSA) is 98.4 Å². The molecule has 8 nitrogen and oxygen atoms in total. The van der Waals surface area contributed by atoms with E-state index in [2.05, 4.69) is 26.8 Å². The molecule has 2 aromatic carbocycles. The summed E-state index contributed by atoms with van der Waals surface area (Å²) >= 11 is 6.42. The van der Waals surface area contributed by atoms with E-state index >= 15 is 0 Å². The van der Waals surface area contributed by atoms with Crippen LogP contribution in [0.5, 0.6) is 0 Å². The fraction of sp³-hybridized carbons (Fsp3) is 0.231. The third kappa shape index (κ3) is 5.00. The molecule has 1 aliphatic rings. The number of benzene rings is 2. The van der Waals surface area contributed by atoms with Gasteiger partial charge in [0.2, 0.25) is 0 Å². The molecule has 10 heteroatoms. The molecule has 1 fully saturated rings. The van der Waals surface area contributed by atoms with E-state index in [9.17, 15) is 4.79 Å². The summed E-state index contributed by atoms with van der Waals surface area (Å²) in [6.07, 6.45) is 3.50. The van der Waals surface area contributed by atoms with Crippen molar-refractivity contribution in [2.75, 3.05) is 30.3 Å². The van der Waals surface area contributed by atoms with Crippen LogP contribution in [0.2, 0.25) is 5.02 Å². The number of halogens is 1. The number of likely N-dealkylation sites (tertiary alicyclic amines) is 1. The van der Waals surface area contributed by atoms with Crippen LogP contribution in [0.3, 0.4) is 0 Å². The predicted octanol–water partition coefficient (Wildman–Crippen LogP) is 4.07. The van der Waals surface area contributed by atoms with Crippen molar-refractivity contribution in [3.63, 3.8) is 0 Å². The Morgan fingerprint density at radius 2 is 2.03 bits per heavy atom. The standard InChI is InChI=1S/C26H23BClN7O/c27-21-15-31-35-24(12-23(33-25(21)35)20-5-1-2-6-22(20)28)30-14-18-4-3-11-34(16-18)26(36)32-19-9-7-17(13-29)8-10-19/h1-2,5-10,12,15,18,30H,3-4,11,14,16H2,(H,32,36). The second kappa shape index (κ2) is 10.3. The maximum Gasteiger partial charge on any atom is 0.321 e. The van der Waals surface area contributed by atoms with Crippen molar-refractivity contribution < 1.29 is 4.79 Å². The van der Waals surface area contributed by atoms with Crippen LogP contribution < -0.4 is 16.1 Å². The van der Waals surface area contributed by atoms with Crippen molar-refractivity contribution in [3.05, 3.63) is 71.4 Å². The highest BCUT2D eigenvalue weighted by Crippen LogP contribution is 2.28. The number of carbonyl (C=O) groups excluding carboxylic acids is 1. The van der Waals surface area contributed by atoms with Crippen LogP contribution in [0.4, 0.5) is 16.3 Å². The van der Waals surface area contributed by atoms with E-state index in [-0.39, 0.29) is 11.9 Å². The van der Waals surface area contributed by atoms with Gasteiger partial charge in [-0.05, 0) is 54.6 Å². The molecule has 0 saturated carbocycles. The highest BCUT2D eigenvalue weighted by atomic mass is 35.5. The lowest BCUT2D eigenvalue weighted by Crippen LogP contribution is -2.44. The number of urea groups is 1. The summed E-state index contributed by atoms with van der Waals surface area (Å²) in [5.74, 6) is 1.01. The van der Waals surface area contributed by atoms with Crippen molar-refractivity contribution in [1.29, 1.82) is 5.26 Å². The number of hydrogen-bond donors (Lipinski definition) is 2. The second-order valence-corrected chi connectivity index (χ2v) is 9.20. The van der Waals surface area contributed by atoms with Gasteiger partial charge in [-0.1, -0.05) is 29.8 Å². The number of carbonyl (C=O) groups is 1. The Labute approximate surface area is 215 Å². The number of aromatic nitrogens is 3. The molecule has 36 heavy (non-hydrogen) atoms. The lowest BCUT2D eigenvalue weighted by molar-refractivity contribution is 0.180. The van der Waals surface area contributed by atoms with Gasteiger partial charge in [-0.3, -0.25) is 0 Å². The number of nitrogens with zero attached hydrogens (tertiary/aromatic N) is 5. The van der Waals surface area contributed by atoms with E-state index in [1.165, 1.54) is 0 Å². The molecule has 2 radical (unpaired) electrons.